The van der Waals surface area contributed by atoms with Crippen LogP contribution in [-0.4, -0.2) is 38.6 Å². The molecule has 0 heterocycles. The zero-order chi connectivity index (χ0) is 8.27. The Morgan fingerprint density at radius 1 is 1.45 bits per heavy atom. The van der Waals surface area contributed by atoms with Crippen molar-refractivity contribution in [1.29, 1.82) is 0 Å². The Kier molecular flexibility index (Phi) is 3.34. The van der Waals surface area contributed by atoms with Gasteiger partial charge in [0.25, 0.3) is 0 Å². The molecule has 1 atom stereocenters. The first-order valence-corrected chi connectivity index (χ1v) is 4.56. The summed E-state index contributed by atoms with van der Waals surface area (Å²) in [6, 6.07) is 0.758. The summed E-state index contributed by atoms with van der Waals surface area (Å²) in [5.74, 6) is 0.956. The van der Waals surface area contributed by atoms with E-state index in [1.165, 1.54) is 19.3 Å². The number of hydrogen-bond donors (Lipinski definition) is 1. The lowest BCUT2D eigenvalue weighted by atomic mass is 9.79. The normalized spacial score (nSPS) is 21.8. The van der Waals surface area contributed by atoms with Gasteiger partial charge in [0.15, 0.2) is 0 Å². The molecule has 0 bridgehead atoms. The standard InChI is InChI=1S/C9H20N2/c1-10-7-9(11(2)3)8-5-4-6-8/h8-10H,4-7H2,1-3H3. The number of nitrogens with one attached hydrogen (secondary N) is 1. The van der Waals surface area contributed by atoms with Crippen LogP contribution in [0.15, 0.2) is 0 Å². The highest BCUT2D eigenvalue weighted by Crippen LogP contribution is 2.30. The number of rotatable bonds is 4. The van der Waals surface area contributed by atoms with Crippen LogP contribution in [0.2, 0.25) is 0 Å². The molecule has 1 saturated carbocycles. The van der Waals surface area contributed by atoms with Crippen molar-refractivity contribution in [1.82, 2.24) is 10.2 Å². The van der Waals surface area contributed by atoms with Crippen LogP contribution in [0.25, 0.3) is 0 Å². The number of likely N-dealkylation sites (N-methyl/N-ethyl adjacent to an activating group) is 2. The van der Waals surface area contributed by atoms with E-state index in [4.69, 9.17) is 0 Å². The molecule has 2 heteroatoms. The molecule has 0 saturated heterocycles. The molecule has 0 aliphatic heterocycles. The first-order valence-electron chi connectivity index (χ1n) is 4.56. The third-order valence-electron chi connectivity index (χ3n) is 2.77. The predicted octanol–water partition coefficient (Wildman–Crippen LogP) is 0.936. The Labute approximate surface area is 70.0 Å². The van der Waals surface area contributed by atoms with Crippen molar-refractivity contribution in [2.45, 2.75) is 25.3 Å². The van der Waals surface area contributed by atoms with Crippen molar-refractivity contribution in [2.75, 3.05) is 27.7 Å². The summed E-state index contributed by atoms with van der Waals surface area (Å²) in [6.45, 7) is 1.14. The SMILES string of the molecule is CNCC(C1CCC1)N(C)C. The van der Waals surface area contributed by atoms with Crippen LogP contribution < -0.4 is 5.32 Å². The smallest absolute Gasteiger partial charge is 0.0242 e. The zero-order valence-corrected chi connectivity index (χ0v) is 7.93. The number of nitrogens with zero attached hydrogens (tertiary/aromatic N) is 1. The maximum atomic E-state index is 3.26. The minimum Gasteiger partial charge on any atom is -0.318 e. The van der Waals surface area contributed by atoms with Gasteiger partial charge in [0.05, 0.1) is 0 Å². The van der Waals surface area contributed by atoms with Crippen LogP contribution >= 0.6 is 0 Å². The molecule has 0 aromatic heterocycles. The van der Waals surface area contributed by atoms with E-state index in [-0.39, 0.29) is 0 Å². The van der Waals surface area contributed by atoms with Crippen LogP contribution in [0.1, 0.15) is 19.3 Å². The monoisotopic (exact) mass is 156 g/mol. The maximum Gasteiger partial charge on any atom is 0.0242 e. The zero-order valence-electron chi connectivity index (χ0n) is 7.93. The molecule has 1 aliphatic carbocycles. The van der Waals surface area contributed by atoms with E-state index in [0.29, 0.717) is 0 Å². The van der Waals surface area contributed by atoms with Gasteiger partial charge in [0, 0.05) is 12.6 Å². The lowest BCUT2D eigenvalue weighted by Gasteiger charge is -2.37. The molecule has 1 N–H and O–H groups in total. The van der Waals surface area contributed by atoms with Crippen LogP contribution in [0.4, 0.5) is 0 Å². The van der Waals surface area contributed by atoms with E-state index in [9.17, 15) is 0 Å². The average Bonchev–Trinajstić information content (AvgIpc) is 1.82. The molecular weight excluding hydrogens is 136 g/mol. The van der Waals surface area contributed by atoms with Crippen molar-refractivity contribution in [2.24, 2.45) is 5.92 Å². The molecule has 0 amide bonds. The minimum absolute atomic E-state index is 0.758. The third kappa shape index (κ3) is 2.17. The topological polar surface area (TPSA) is 15.3 Å². The summed E-state index contributed by atoms with van der Waals surface area (Å²) in [5, 5.41) is 3.26. The Hall–Kier alpha value is -0.0800. The molecule has 1 aliphatic rings. The fourth-order valence-electron chi connectivity index (χ4n) is 1.80. The van der Waals surface area contributed by atoms with Gasteiger partial charge >= 0.3 is 0 Å². The van der Waals surface area contributed by atoms with E-state index in [1.54, 1.807) is 0 Å². The molecule has 1 rings (SSSR count). The summed E-state index contributed by atoms with van der Waals surface area (Å²) < 4.78 is 0. The van der Waals surface area contributed by atoms with Gasteiger partial charge in [-0.15, -0.1) is 0 Å². The molecule has 0 spiro atoms. The van der Waals surface area contributed by atoms with Crippen LogP contribution in [0, 0.1) is 5.92 Å². The average molecular weight is 156 g/mol. The summed E-state index contributed by atoms with van der Waals surface area (Å²) in [5.41, 5.74) is 0. The molecule has 0 radical (unpaired) electrons. The van der Waals surface area contributed by atoms with Crippen molar-refractivity contribution < 1.29 is 0 Å². The van der Waals surface area contributed by atoms with Gasteiger partial charge in [0.2, 0.25) is 0 Å². The van der Waals surface area contributed by atoms with Crippen molar-refractivity contribution in [3.8, 4) is 0 Å². The molecule has 0 aromatic carbocycles. The Bertz CT molecular complexity index is 108. The Morgan fingerprint density at radius 3 is 2.36 bits per heavy atom. The molecule has 11 heavy (non-hydrogen) atoms. The van der Waals surface area contributed by atoms with Crippen molar-refractivity contribution >= 4 is 0 Å². The van der Waals surface area contributed by atoms with Crippen LogP contribution in [0.5, 0.6) is 0 Å². The van der Waals surface area contributed by atoms with Gasteiger partial charge in [-0.1, -0.05) is 6.42 Å². The fourth-order valence-corrected chi connectivity index (χ4v) is 1.80. The summed E-state index contributed by atoms with van der Waals surface area (Å²) >= 11 is 0. The lowest BCUT2D eigenvalue weighted by Crippen LogP contribution is -2.44. The largest absolute Gasteiger partial charge is 0.318 e. The Morgan fingerprint density at radius 2 is 2.09 bits per heavy atom. The lowest BCUT2D eigenvalue weighted by molar-refractivity contribution is 0.140. The summed E-state index contributed by atoms with van der Waals surface area (Å²) in [7, 11) is 6.40. The van der Waals surface area contributed by atoms with Gasteiger partial charge in [-0.2, -0.15) is 0 Å². The van der Waals surface area contributed by atoms with Gasteiger partial charge in [-0.3, -0.25) is 0 Å². The molecule has 1 fully saturated rings. The van der Waals surface area contributed by atoms with E-state index in [0.717, 1.165) is 18.5 Å². The second-order valence-corrected chi connectivity index (χ2v) is 3.78. The third-order valence-corrected chi connectivity index (χ3v) is 2.77. The van der Waals surface area contributed by atoms with Crippen LogP contribution in [-0.2, 0) is 0 Å². The van der Waals surface area contributed by atoms with Gasteiger partial charge in [-0.25, -0.2) is 0 Å². The van der Waals surface area contributed by atoms with Gasteiger partial charge in [-0.05, 0) is 39.9 Å². The van der Waals surface area contributed by atoms with Crippen molar-refractivity contribution in [3.63, 3.8) is 0 Å². The Balaban J connectivity index is 2.31. The van der Waals surface area contributed by atoms with Gasteiger partial charge < -0.3 is 10.2 Å². The van der Waals surface area contributed by atoms with E-state index in [1.807, 2.05) is 7.05 Å². The van der Waals surface area contributed by atoms with Gasteiger partial charge in [0.1, 0.15) is 0 Å². The molecule has 0 aromatic rings. The molecule has 2 nitrogen and oxygen atoms in total. The highest BCUT2D eigenvalue weighted by atomic mass is 15.1. The maximum absolute atomic E-state index is 3.26. The summed E-state index contributed by atoms with van der Waals surface area (Å²) in [4.78, 5) is 2.35. The number of hydrogen-bond acceptors (Lipinski definition) is 2. The fraction of sp³-hybridized carbons (Fsp3) is 1.00. The second kappa shape index (κ2) is 4.07. The van der Waals surface area contributed by atoms with E-state index in [2.05, 4.69) is 24.3 Å². The second-order valence-electron chi connectivity index (χ2n) is 3.78. The molecule has 66 valence electrons. The highest BCUT2D eigenvalue weighted by molar-refractivity contribution is 4.83. The first-order chi connectivity index (χ1) is 5.25. The minimum atomic E-state index is 0.758. The van der Waals surface area contributed by atoms with Crippen LogP contribution in [0.3, 0.4) is 0 Å². The van der Waals surface area contributed by atoms with E-state index >= 15 is 0 Å². The highest BCUT2D eigenvalue weighted by Gasteiger charge is 2.27. The predicted molar refractivity (Wildman–Crippen MR) is 48.7 cm³/mol. The van der Waals surface area contributed by atoms with Crippen molar-refractivity contribution in [3.05, 3.63) is 0 Å². The quantitative estimate of drug-likeness (QED) is 0.651. The molecular formula is C9H20N2. The summed E-state index contributed by atoms with van der Waals surface area (Å²) in [6.07, 6.45) is 4.31. The van der Waals surface area contributed by atoms with E-state index < -0.39 is 0 Å². The molecule has 1 unspecified atom stereocenters. The first kappa shape index (κ1) is 9.01.